The molecule has 3 unspecified atom stereocenters. The molecular formula is C77H150O17P2. The van der Waals surface area contributed by atoms with Crippen molar-refractivity contribution in [3.8, 4) is 0 Å². The molecule has 96 heavy (non-hydrogen) atoms. The van der Waals surface area contributed by atoms with E-state index in [4.69, 9.17) is 37.0 Å². The molecule has 0 saturated carbocycles. The van der Waals surface area contributed by atoms with Gasteiger partial charge in [-0.3, -0.25) is 37.3 Å². The summed E-state index contributed by atoms with van der Waals surface area (Å²) < 4.78 is 68.6. The van der Waals surface area contributed by atoms with Crippen LogP contribution in [-0.4, -0.2) is 96.7 Å². The summed E-state index contributed by atoms with van der Waals surface area (Å²) in [6.07, 6.45) is 51.4. The first-order valence-corrected chi connectivity index (χ1v) is 42.7. The molecule has 0 radical (unpaired) electrons. The van der Waals surface area contributed by atoms with Crippen molar-refractivity contribution in [2.75, 3.05) is 39.6 Å². The van der Waals surface area contributed by atoms with Gasteiger partial charge in [0, 0.05) is 25.7 Å². The van der Waals surface area contributed by atoms with Gasteiger partial charge >= 0.3 is 39.5 Å². The van der Waals surface area contributed by atoms with Crippen LogP contribution in [0.15, 0.2) is 0 Å². The van der Waals surface area contributed by atoms with E-state index in [2.05, 4.69) is 55.4 Å². The molecule has 0 spiro atoms. The summed E-state index contributed by atoms with van der Waals surface area (Å²) in [5.74, 6) is 0.924. The van der Waals surface area contributed by atoms with Crippen LogP contribution < -0.4 is 0 Å². The van der Waals surface area contributed by atoms with Gasteiger partial charge < -0.3 is 33.8 Å². The molecule has 0 aliphatic rings. The van der Waals surface area contributed by atoms with E-state index < -0.39 is 97.5 Å². The molecule has 3 N–H and O–H groups in total. The Morgan fingerprint density at radius 1 is 0.260 bits per heavy atom. The van der Waals surface area contributed by atoms with Gasteiger partial charge in [0.05, 0.1) is 26.4 Å². The maximum absolute atomic E-state index is 13.1. The lowest BCUT2D eigenvalue weighted by atomic mass is 10.0. The van der Waals surface area contributed by atoms with Crippen LogP contribution in [0.4, 0.5) is 0 Å². The number of aliphatic hydroxyl groups is 1. The topological polar surface area (TPSA) is 237 Å². The minimum atomic E-state index is -4.96. The minimum absolute atomic E-state index is 0.105. The van der Waals surface area contributed by atoms with Crippen LogP contribution in [0.5, 0.6) is 0 Å². The summed E-state index contributed by atoms with van der Waals surface area (Å²) in [5, 5.41) is 10.6. The lowest BCUT2D eigenvalue weighted by Crippen LogP contribution is -2.30. The van der Waals surface area contributed by atoms with Crippen molar-refractivity contribution in [1.29, 1.82) is 0 Å². The van der Waals surface area contributed by atoms with Gasteiger partial charge in [0.15, 0.2) is 12.2 Å². The third-order valence-corrected chi connectivity index (χ3v) is 19.7. The zero-order chi connectivity index (χ0) is 71.0. The fraction of sp³-hybridized carbons (Fsp3) is 0.948. The molecule has 0 saturated heterocycles. The number of carbonyl (C=O) groups excluding carboxylic acids is 4. The highest BCUT2D eigenvalue weighted by Crippen LogP contribution is 2.45. The van der Waals surface area contributed by atoms with Crippen molar-refractivity contribution in [2.24, 2.45) is 23.7 Å². The maximum Gasteiger partial charge on any atom is 0.472 e. The molecule has 0 bridgehead atoms. The standard InChI is InChI=1S/C77H150O17P2/c1-67(2)53-45-37-29-22-16-12-9-10-14-19-26-34-43-51-59-76(81)93-72(63-87-74(79)57-49-41-33-25-18-15-11-13-17-23-30-38-46-54-68(3)4)65-91-95(83,84)89-61-71(78)62-90-96(85,86)92-66-73(64-88-75(80)58-50-42-36-28-32-40-48-56-70(7)8)94-77(82)60-52-44-35-27-21-20-24-31-39-47-55-69(5)6/h67-73,78H,9-66H2,1-8H3,(H,83,84)(H,85,86)/t71?,72-,73-/m1/s1. The van der Waals surface area contributed by atoms with E-state index in [0.29, 0.717) is 31.6 Å². The molecule has 0 rings (SSSR count). The Bertz CT molecular complexity index is 1880. The molecule has 0 amide bonds. The molecule has 19 heteroatoms. The van der Waals surface area contributed by atoms with Crippen molar-refractivity contribution in [2.45, 2.75) is 408 Å². The van der Waals surface area contributed by atoms with Crippen LogP contribution in [0.2, 0.25) is 0 Å². The number of hydrogen-bond donors (Lipinski definition) is 3. The largest absolute Gasteiger partial charge is 0.472 e. The Labute approximate surface area is 588 Å². The quantitative estimate of drug-likeness (QED) is 0.0222. The molecule has 0 aromatic heterocycles. The molecule has 0 heterocycles. The van der Waals surface area contributed by atoms with Gasteiger partial charge in [0.25, 0.3) is 0 Å². The highest BCUT2D eigenvalue weighted by atomic mass is 31.2. The van der Waals surface area contributed by atoms with Crippen LogP contribution in [0.3, 0.4) is 0 Å². The van der Waals surface area contributed by atoms with E-state index in [-0.39, 0.29) is 25.7 Å². The molecule has 0 aliphatic carbocycles. The first kappa shape index (κ1) is 94.1. The second kappa shape index (κ2) is 66.3. The Kier molecular flexibility index (Phi) is 65.0. The van der Waals surface area contributed by atoms with Gasteiger partial charge in [0.2, 0.25) is 0 Å². The third kappa shape index (κ3) is 70.5. The van der Waals surface area contributed by atoms with Crippen LogP contribution in [0.1, 0.15) is 389 Å². The molecule has 17 nitrogen and oxygen atoms in total. The summed E-state index contributed by atoms with van der Waals surface area (Å²) in [7, 11) is -9.92. The summed E-state index contributed by atoms with van der Waals surface area (Å²) in [6, 6.07) is 0. The van der Waals surface area contributed by atoms with E-state index in [1.165, 1.54) is 186 Å². The lowest BCUT2D eigenvalue weighted by molar-refractivity contribution is -0.161. The fourth-order valence-electron chi connectivity index (χ4n) is 11.7. The molecule has 5 atom stereocenters. The second-order valence-electron chi connectivity index (χ2n) is 29.7. The predicted molar refractivity (Wildman–Crippen MR) is 391 cm³/mol. The van der Waals surface area contributed by atoms with E-state index in [1.807, 2.05) is 0 Å². The number of rotatable bonds is 74. The van der Waals surface area contributed by atoms with Crippen LogP contribution in [0, 0.1) is 23.7 Å². The number of hydrogen-bond acceptors (Lipinski definition) is 15. The predicted octanol–water partition coefficient (Wildman–Crippen LogP) is 22.4. The second-order valence-corrected chi connectivity index (χ2v) is 32.6. The van der Waals surface area contributed by atoms with Gasteiger partial charge in [-0.15, -0.1) is 0 Å². The van der Waals surface area contributed by atoms with E-state index in [0.717, 1.165) is 114 Å². The van der Waals surface area contributed by atoms with Gasteiger partial charge in [0.1, 0.15) is 19.3 Å². The lowest BCUT2D eigenvalue weighted by Gasteiger charge is -2.21. The van der Waals surface area contributed by atoms with Crippen molar-refractivity contribution in [3.05, 3.63) is 0 Å². The third-order valence-electron chi connectivity index (χ3n) is 17.8. The van der Waals surface area contributed by atoms with Crippen molar-refractivity contribution in [3.63, 3.8) is 0 Å². The normalized spacial score (nSPS) is 14.1. The number of aliphatic hydroxyl groups excluding tert-OH is 1. The summed E-state index contributed by atoms with van der Waals surface area (Å²) in [5.41, 5.74) is 0. The summed E-state index contributed by atoms with van der Waals surface area (Å²) >= 11 is 0. The monoisotopic (exact) mass is 1410 g/mol. The molecule has 0 aromatic carbocycles. The number of phosphoric acid groups is 2. The average Bonchev–Trinajstić information content (AvgIpc) is 1.26. The Morgan fingerprint density at radius 3 is 0.646 bits per heavy atom. The first-order chi connectivity index (χ1) is 46.1. The fourth-order valence-corrected chi connectivity index (χ4v) is 13.3. The highest BCUT2D eigenvalue weighted by Gasteiger charge is 2.30. The Morgan fingerprint density at radius 2 is 0.438 bits per heavy atom. The molecular weight excluding hydrogens is 1260 g/mol. The Hall–Kier alpha value is -1.94. The van der Waals surface area contributed by atoms with Gasteiger partial charge in [-0.2, -0.15) is 0 Å². The van der Waals surface area contributed by atoms with E-state index >= 15 is 0 Å². The SMILES string of the molecule is CC(C)CCCCCCCCCCCCCCCCC(=O)O[C@H](COC(=O)CCCCCCCCCCCCCCCC(C)C)COP(=O)(O)OCC(O)COP(=O)(O)OC[C@@H](COC(=O)CCCCCCCCCC(C)C)OC(=O)CCCCCCCCCCCCC(C)C. The van der Waals surface area contributed by atoms with Gasteiger partial charge in [-0.1, -0.05) is 338 Å². The molecule has 570 valence electrons. The summed E-state index contributed by atoms with van der Waals surface area (Å²) in [6.45, 7) is 14.2. The van der Waals surface area contributed by atoms with Crippen LogP contribution >= 0.6 is 15.6 Å². The number of unbranched alkanes of at least 4 members (excludes halogenated alkanes) is 40. The van der Waals surface area contributed by atoms with Gasteiger partial charge in [-0.25, -0.2) is 9.13 Å². The smallest absolute Gasteiger partial charge is 0.462 e. The number of phosphoric ester groups is 2. The number of carbonyl (C=O) groups is 4. The van der Waals surface area contributed by atoms with Crippen molar-refractivity contribution < 1.29 is 80.2 Å². The van der Waals surface area contributed by atoms with Gasteiger partial charge in [-0.05, 0) is 49.4 Å². The van der Waals surface area contributed by atoms with Crippen molar-refractivity contribution >= 4 is 39.5 Å². The number of ether oxygens (including phenoxy) is 4. The van der Waals surface area contributed by atoms with Crippen molar-refractivity contribution in [1.82, 2.24) is 0 Å². The summed E-state index contributed by atoms with van der Waals surface area (Å²) in [4.78, 5) is 72.9. The number of esters is 4. The zero-order valence-electron chi connectivity index (χ0n) is 63.0. The molecule has 0 aliphatic heterocycles. The molecule has 0 fully saturated rings. The van der Waals surface area contributed by atoms with E-state index in [9.17, 15) is 43.2 Å². The van der Waals surface area contributed by atoms with Crippen LogP contribution in [-0.2, 0) is 65.4 Å². The van der Waals surface area contributed by atoms with E-state index in [1.54, 1.807) is 0 Å². The maximum atomic E-state index is 13.1. The average molecular weight is 1410 g/mol. The zero-order valence-corrected chi connectivity index (χ0v) is 64.8. The Balaban J connectivity index is 5.25. The highest BCUT2D eigenvalue weighted by molar-refractivity contribution is 7.47. The van der Waals surface area contributed by atoms with Crippen LogP contribution in [0.25, 0.3) is 0 Å². The molecule has 0 aromatic rings. The first-order valence-electron chi connectivity index (χ1n) is 39.7. The minimum Gasteiger partial charge on any atom is -0.462 e.